The van der Waals surface area contributed by atoms with E-state index in [9.17, 15) is 4.79 Å². The van der Waals surface area contributed by atoms with Gasteiger partial charge in [-0.1, -0.05) is 41.7 Å². The van der Waals surface area contributed by atoms with Crippen molar-refractivity contribution in [1.29, 1.82) is 0 Å². The number of hydrogen-bond donors (Lipinski definition) is 0. The van der Waals surface area contributed by atoms with Gasteiger partial charge >= 0.3 is 0 Å². The molecule has 0 spiro atoms. The topological polar surface area (TPSA) is 49.3 Å². The van der Waals surface area contributed by atoms with Crippen LogP contribution in [0.15, 0.2) is 30.3 Å². The minimum atomic E-state index is 0.155. The summed E-state index contributed by atoms with van der Waals surface area (Å²) >= 11 is 1.26. The molecule has 27 heavy (non-hydrogen) atoms. The molecule has 3 aliphatic heterocycles. The first-order valence-corrected chi connectivity index (χ1v) is 10.9. The van der Waals surface area contributed by atoms with Crippen molar-refractivity contribution in [1.82, 2.24) is 19.4 Å². The predicted molar refractivity (Wildman–Crippen MR) is 108 cm³/mol. The number of hydrogen-bond acceptors (Lipinski definition) is 5. The third-order valence-electron chi connectivity index (χ3n) is 5.92. The summed E-state index contributed by atoms with van der Waals surface area (Å²) in [4.78, 5) is 18.6. The van der Waals surface area contributed by atoms with E-state index in [-0.39, 0.29) is 5.91 Å². The molecule has 6 heteroatoms. The lowest BCUT2D eigenvalue weighted by Crippen LogP contribution is -2.47. The SMILES string of the molecule is CCc1nnsc1C(=O)N1C[C@H]2CC[C@@H]1CN(CCCc1ccccc1)C2. The lowest BCUT2D eigenvalue weighted by Gasteiger charge is -2.36. The zero-order chi connectivity index (χ0) is 18.6. The van der Waals surface area contributed by atoms with E-state index in [1.165, 1.54) is 29.9 Å². The highest BCUT2D eigenvalue weighted by atomic mass is 32.1. The van der Waals surface area contributed by atoms with Crippen LogP contribution in [0.1, 0.15) is 47.1 Å². The Labute approximate surface area is 165 Å². The fourth-order valence-corrected chi connectivity index (χ4v) is 5.20. The van der Waals surface area contributed by atoms with E-state index in [2.05, 4.69) is 49.7 Å². The van der Waals surface area contributed by atoms with E-state index in [4.69, 9.17) is 0 Å². The molecular formula is C21H28N4OS. The largest absolute Gasteiger partial charge is 0.333 e. The first kappa shape index (κ1) is 18.6. The molecule has 3 fully saturated rings. The number of aryl methyl sites for hydroxylation is 2. The predicted octanol–water partition coefficient (Wildman–Crippen LogP) is 3.27. The zero-order valence-electron chi connectivity index (χ0n) is 16.0. The van der Waals surface area contributed by atoms with Crippen molar-refractivity contribution in [2.75, 3.05) is 26.2 Å². The zero-order valence-corrected chi connectivity index (χ0v) is 16.8. The van der Waals surface area contributed by atoms with Crippen LogP contribution in [0.25, 0.3) is 0 Å². The van der Waals surface area contributed by atoms with Crippen LogP contribution in [0.5, 0.6) is 0 Å². The number of nitrogens with zero attached hydrogens (tertiary/aromatic N) is 4. The summed E-state index contributed by atoms with van der Waals surface area (Å²) in [6.07, 6.45) is 5.44. The van der Waals surface area contributed by atoms with Gasteiger partial charge in [0, 0.05) is 25.7 Å². The lowest BCUT2D eigenvalue weighted by molar-refractivity contribution is 0.0589. The normalized spacial score (nSPS) is 22.8. The molecule has 3 saturated heterocycles. The summed E-state index contributed by atoms with van der Waals surface area (Å²) < 4.78 is 4.01. The molecule has 2 aromatic rings. The molecule has 1 aromatic carbocycles. The molecule has 5 rings (SSSR count). The van der Waals surface area contributed by atoms with Crippen LogP contribution >= 0.6 is 11.5 Å². The van der Waals surface area contributed by atoms with E-state index >= 15 is 0 Å². The molecule has 2 atom stereocenters. The molecule has 0 unspecified atom stereocenters. The van der Waals surface area contributed by atoms with Crippen LogP contribution in [0.3, 0.4) is 0 Å². The van der Waals surface area contributed by atoms with Gasteiger partial charge in [-0.3, -0.25) is 4.79 Å². The quantitative estimate of drug-likeness (QED) is 0.767. The van der Waals surface area contributed by atoms with Crippen LogP contribution in [0.2, 0.25) is 0 Å². The van der Waals surface area contributed by atoms with E-state index in [1.54, 1.807) is 0 Å². The summed E-state index contributed by atoms with van der Waals surface area (Å²) in [5.41, 5.74) is 2.27. The van der Waals surface area contributed by atoms with Crippen LogP contribution < -0.4 is 0 Å². The number of rotatable bonds is 6. The lowest BCUT2D eigenvalue weighted by atomic mass is 9.94. The van der Waals surface area contributed by atoms with Crippen molar-refractivity contribution in [3.8, 4) is 0 Å². The van der Waals surface area contributed by atoms with Gasteiger partial charge < -0.3 is 9.80 Å². The van der Waals surface area contributed by atoms with Crippen molar-refractivity contribution in [3.63, 3.8) is 0 Å². The summed E-state index contributed by atoms with van der Waals surface area (Å²) in [5, 5.41) is 4.13. The molecule has 0 N–H and O–H groups in total. The maximum atomic E-state index is 13.1. The van der Waals surface area contributed by atoms with Crippen LogP contribution in [-0.2, 0) is 12.8 Å². The second kappa shape index (κ2) is 8.48. The Morgan fingerprint density at radius 2 is 2.04 bits per heavy atom. The summed E-state index contributed by atoms with van der Waals surface area (Å²) in [5.74, 6) is 0.748. The molecule has 1 aromatic heterocycles. The summed E-state index contributed by atoms with van der Waals surface area (Å²) in [7, 11) is 0. The van der Waals surface area contributed by atoms with E-state index in [0.717, 1.165) is 56.0 Å². The summed E-state index contributed by atoms with van der Waals surface area (Å²) in [6.45, 7) is 6.17. The van der Waals surface area contributed by atoms with Crippen molar-refractivity contribution in [2.45, 2.75) is 45.1 Å². The number of piperidine rings is 1. The first-order chi connectivity index (χ1) is 13.2. The average Bonchev–Trinajstić information content (AvgIpc) is 3.01. The van der Waals surface area contributed by atoms with Crippen LogP contribution in [0, 0.1) is 5.92 Å². The third kappa shape index (κ3) is 4.22. The van der Waals surface area contributed by atoms with Gasteiger partial charge in [-0.2, -0.15) is 0 Å². The Morgan fingerprint density at radius 1 is 1.19 bits per heavy atom. The summed E-state index contributed by atoms with van der Waals surface area (Å²) in [6, 6.07) is 11.1. The van der Waals surface area contributed by atoms with Crippen molar-refractivity contribution in [3.05, 3.63) is 46.5 Å². The Kier molecular flexibility index (Phi) is 5.83. The smallest absolute Gasteiger partial charge is 0.267 e. The number of carbonyl (C=O) groups is 1. The average molecular weight is 385 g/mol. The fourth-order valence-electron chi connectivity index (χ4n) is 4.49. The minimum absolute atomic E-state index is 0.155. The highest BCUT2D eigenvalue weighted by Crippen LogP contribution is 2.30. The van der Waals surface area contributed by atoms with Crippen molar-refractivity contribution < 1.29 is 4.79 Å². The van der Waals surface area contributed by atoms with Gasteiger partial charge in [0.1, 0.15) is 4.88 Å². The Hall–Kier alpha value is -1.79. The first-order valence-electron chi connectivity index (χ1n) is 10.1. The number of benzene rings is 1. The molecule has 4 heterocycles. The van der Waals surface area contributed by atoms with E-state index in [0.29, 0.717) is 12.0 Å². The van der Waals surface area contributed by atoms with E-state index in [1.807, 2.05) is 6.92 Å². The fraction of sp³-hybridized carbons (Fsp3) is 0.571. The molecule has 0 aliphatic carbocycles. The number of aromatic nitrogens is 2. The van der Waals surface area contributed by atoms with Gasteiger partial charge in [0.2, 0.25) is 0 Å². The van der Waals surface area contributed by atoms with Crippen LogP contribution in [-0.4, -0.2) is 57.5 Å². The van der Waals surface area contributed by atoms with Gasteiger partial charge in [-0.05, 0) is 61.7 Å². The molecule has 1 amide bonds. The second-order valence-electron chi connectivity index (χ2n) is 7.81. The van der Waals surface area contributed by atoms with Crippen molar-refractivity contribution >= 4 is 17.4 Å². The number of carbonyl (C=O) groups excluding carboxylic acids is 1. The Balaban J connectivity index is 1.38. The van der Waals surface area contributed by atoms with Gasteiger partial charge in [0.25, 0.3) is 5.91 Å². The number of fused-ring (bicyclic) bond motifs is 4. The standard InChI is InChI=1S/C21H28N4OS/c1-2-19-20(27-23-22-19)21(26)25-14-17-10-11-18(25)15-24(13-17)12-6-9-16-7-4-3-5-8-16/h3-5,7-8,17-18H,2,6,9-15H2,1H3/t17-,18+/m0/s1. The molecule has 5 nitrogen and oxygen atoms in total. The second-order valence-corrected chi connectivity index (χ2v) is 8.56. The highest BCUT2D eigenvalue weighted by molar-refractivity contribution is 7.08. The Bertz CT molecular complexity index is 763. The maximum Gasteiger partial charge on any atom is 0.267 e. The third-order valence-corrected chi connectivity index (χ3v) is 6.67. The van der Waals surface area contributed by atoms with E-state index < -0.39 is 0 Å². The van der Waals surface area contributed by atoms with Gasteiger partial charge in [-0.15, -0.1) is 5.10 Å². The molecule has 3 aliphatic rings. The van der Waals surface area contributed by atoms with Crippen LogP contribution in [0.4, 0.5) is 0 Å². The molecular weight excluding hydrogens is 356 g/mol. The maximum absolute atomic E-state index is 13.1. The molecule has 0 saturated carbocycles. The van der Waals surface area contributed by atoms with Gasteiger partial charge in [0.05, 0.1) is 5.69 Å². The number of amides is 1. The highest BCUT2D eigenvalue weighted by Gasteiger charge is 2.38. The monoisotopic (exact) mass is 384 g/mol. The van der Waals surface area contributed by atoms with Gasteiger partial charge in [-0.25, -0.2) is 0 Å². The Morgan fingerprint density at radius 3 is 2.85 bits per heavy atom. The van der Waals surface area contributed by atoms with Gasteiger partial charge in [0.15, 0.2) is 0 Å². The van der Waals surface area contributed by atoms with Crippen molar-refractivity contribution in [2.24, 2.45) is 5.92 Å². The molecule has 144 valence electrons. The molecule has 2 bridgehead atoms. The minimum Gasteiger partial charge on any atom is -0.333 e. The molecule has 0 radical (unpaired) electrons.